The molecule has 0 unspecified atom stereocenters. The highest BCUT2D eigenvalue weighted by Crippen LogP contribution is 2.31. The minimum Gasteiger partial charge on any atom is -0.497 e. The Morgan fingerprint density at radius 3 is 2.54 bits per heavy atom. The number of alkyl halides is 3. The van der Waals surface area contributed by atoms with Crippen molar-refractivity contribution in [3.63, 3.8) is 0 Å². The zero-order valence-corrected chi connectivity index (χ0v) is 21.4. The number of ether oxygens (including phenoxy) is 2. The van der Waals surface area contributed by atoms with Gasteiger partial charge in [0, 0.05) is 43.7 Å². The van der Waals surface area contributed by atoms with E-state index < -0.39 is 17.6 Å². The maximum Gasteiger partial charge on any atom is 0.416 e. The van der Waals surface area contributed by atoms with Crippen molar-refractivity contribution in [2.75, 3.05) is 14.2 Å². The normalized spacial score (nSPS) is 11.4. The highest BCUT2D eigenvalue weighted by molar-refractivity contribution is 5.91. The number of carbonyl (C=O) groups is 1. The summed E-state index contributed by atoms with van der Waals surface area (Å²) in [5.41, 5.74) is 1.43. The molecule has 8 nitrogen and oxygen atoms in total. The number of nitrogens with one attached hydrogen (secondary N) is 1. The fraction of sp³-hybridized carbons (Fsp3) is 0.250. The molecule has 4 aromatic rings. The number of halogens is 3. The molecule has 2 aromatic heterocycles. The van der Waals surface area contributed by atoms with E-state index in [1.54, 1.807) is 43.8 Å². The molecule has 4 rings (SSSR count). The van der Waals surface area contributed by atoms with E-state index in [-0.39, 0.29) is 31.2 Å². The Balaban J connectivity index is 1.53. The number of benzene rings is 2. The van der Waals surface area contributed by atoms with Crippen LogP contribution in [0.25, 0.3) is 0 Å². The Labute approximate surface area is 223 Å². The highest BCUT2D eigenvalue weighted by atomic mass is 19.4. The van der Waals surface area contributed by atoms with Crippen molar-refractivity contribution in [2.24, 2.45) is 0 Å². The maximum atomic E-state index is 13.3. The molecule has 2 heterocycles. The van der Waals surface area contributed by atoms with Gasteiger partial charge in [-0.25, -0.2) is 4.98 Å². The van der Waals surface area contributed by atoms with Gasteiger partial charge in [-0.05, 0) is 29.3 Å². The largest absolute Gasteiger partial charge is 0.497 e. The van der Waals surface area contributed by atoms with Gasteiger partial charge in [-0.2, -0.15) is 13.2 Å². The number of rotatable bonds is 11. The number of carbonyl (C=O) groups excluding carboxylic acids is 1. The standard InChI is InChI=1S/C28H27F3N4O4/c1-37-23-9-8-21(25(12-23)38-2)16-35(15-19-5-3-7-22(11-19)28(29,30)31)17-26-34-24(18-39-26)27(36)33-14-20-6-4-10-32-13-20/h3-13,18H,14-17H2,1-2H3,(H,33,36). The summed E-state index contributed by atoms with van der Waals surface area (Å²) in [6.07, 6.45) is 0.0838. The lowest BCUT2D eigenvalue weighted by atomic mass is 10.1. The molecule has 0 aliphatic carbocycles. The van der Waals surface area contributed by atoms with Crippen molar-refractivity contribution in [2.45, 2.75) is 32.4 Å². The minimum absolute atomic E-state index is 0.0925. The Kier molecular flexibility index (Phi) is 8.82. The van der Waals surface area contributed by atoms with Crippen LogP contribution in [0.5, 0.6) is 11.5 Å². The van der Waals surface area contributed by atoms with Crippen LogP contribution >= 0.6 is 0 Å². The van der Waals surface area contributed by atoms with Gasteiger partial charge in [-0.1, -0.05) is 30.3 Å². The lowest BCUT2D eigenvalue weighted by Gasteiger charge is -2.23. The van der Waals surface area contributed by atoms with E-state index in [0.29, 0.717) is 23.6 Å². The minimum atomic E-state index is -4.46. The second-order valence-corrected chi connectivity index (χ2v) is 8.69. The van der Waals surface area contributed by atoms with Crippen molar-refractivity contribution in [1.82, 2.24) is 20.2 Å². The summed E-state index contributed by atoms with van der Waals surface area (Å²) in [5, 5.41) is 2.76. The van der Waals surface area contributed by atoms with Crippen LogP contribution in [0.1, 0.15) is 38.6 Å². The quantitative estimate of drug-likeness (QED) is 0.278. The Morgan fingerprint density at radius 1 is 1.00 bits per heavy atom. The van der Waals surface area contributed by atoms with E-state index in [4.69, 9.17) is 13.9 Å². The molecule has 0 spiro atoms. The fourth-order valence-electron chi connectivity index (χ4n) is 3.95. The lowest BCUT2D eigenvalue weighted by Crippen LogP contribution is -2.24. The average Bonchev–Trinajstić information content (AvgIpc) is 3.40. The molecule has 0 fully saturated rings. The maximum absolute atomic E-state index is 13.3. The number of methoxy groups -OCH3 is 2. The van der Waals surface area contributed by atoms with Gasteiger partial charge in [0.1, 0.15) is 17.8 Å². The molecule has 2 aromatic carbocycles. The first-order valence-electron chi connectivity index (χ1n) is 12.0. The van der Waals surface area contributed by atoms with Crippen molar-refractivity contribution in [1.29, 1.82) is 0 Å². The third kappa shape index (κ3) is 7.57. The molecular weight excluding hydrogens is 513 g/mol. The number of hydrogen-bond acceptors (Lipinski definition) is 7. The lowest BCUT2D eigenvalue weighted by molar-refractivity contribution is -0.137. The summed E-state index contributed by atoms with van der Waals surface area (Å²) in [6, 6.07) is 14.1. The van der Waals surface area contributed by atoms with Gasteiger partial charge >= 0.3 is 6.18 Å². The molecule has 1 N–H and O–H groups in total. The molecule has 0 aliphatic heterocycles. The first-order chi connectivity index (χ1) is 18.7. The van der Waals surface area contributed by atoms with E-state index in [0.717, 1.165) is 23.3 Å². The van der Waals surface area contributed by atoms with Crippen LogP contribution < -0.4 is 14.8 Å². The van der Waals surface area contributed by atoms with Gasteiger partial charge in [0.05, 0.1) is 26.3 Å². The van der Waals surface area contributed by atoms with Crippen LogP contribution in [0.2, 0.25) is 0 Å². The van der Waals surface area contributed by atoms with E-state index in [1.165, 1.54) is 19.4 Å². The van der Waals surface area contributed by atoms with E-state index in [2.05, 4.69) is 15.3 Å². The van der Waals surface area contributed by atoms with Crippen LogP contribution in [0.15, 0.2) is 77.7 Å². The molecule has 0 bridgehead atoms. The Bertz CT molecular complexity index is 1390. The van der Waals surface area contributed by atoms with Gasteiger partial charge in [0.25, 0.3) is 5.91 Å². The highest BCUT2D eigenvalue weighted by Gasteiger charge is 2.30. The van der Waals surface area contributed by atoms with Crippen molar-refractivity contribution >= 4 is 5.91 Å². The monoisotopic (exact) mass is 540 g/mol. The summed E-state index contributed by atoms with van der Waals surface area (Å²) in [7, 11) is 3.07. The molecule has 11 heteroatoms. The Hall–Kier alpha value is -4.38. The topological polar surface area (TPSA) is 89.7 Å². The predicted molar refractivity (Wildman–Crippen MR) is 136 cm³/mol. The smallest absolute Gasteiger partial charge is 0.416 e. The summed E-state index contributed by atoms with van der Waals surface area (Å²) in [4.78, 5) is 22.7. The molecule has 0 radical (unpaired) electrons. The molecule has 0 aliphatic rings. The molecule has 39 heavy (non-hydrogen) atoms. The molecule has 0 saturated heterocycles. The van der Waals surface area contributed by atoms with Crippen molar-refractivity contribution < 1.29 is 31.9 Å². The fourth-order valence-corrected chi connectivity index (χ4v) is 3.95. The van der Waals surface area contributed by atoms with Gasteiger partial charge in [0.2, 0.25) is 5.89 Å². The number of hydrogen-bond donors (Lipinski definition) is 1. The summed E-state index contributed by atoms with van der Waals surface area (Å²) in [6.45, 7) is 0.855. The van der Waals surface area contributed by atoms with Crippen LogP contribution in [0.3, 0.4) is 0 Å². The molecule has 0 atom stereocenters. The van der Waals surface area contributed by atoms with E-state index >= 15 is 0 Å². The number of pyridine rings is 1. The van der Waals surface area contributed by atoms with Gasteiger partial charge < -0.3 is 19.2 Å². The number of oxazole rings is 1. The van der Waals surface area contributed by atoms with Crippen LogP contribution in [-0.4, -0.2) is 35.0 Å². The molecule has 0 saturated carbocycles. The summed E-state index contributed by atoms with van der Waals surface area (Å²) < 4.78 is 56.2. The van der Waals surface area contributed by atoms with Gasteiger partial charge in [0.15, 0.2) is 5.69 Å². The summed E-state index contributed by atoms with van der Waals surface area (Å²) in [5.74, 6) is 0.983. The zero-order chi connectivity index (χ0) is 27.8. The SMILES string of the molecule is COc1ccc(CN(Cc2cccc(C(F)(F)F)c2)Cc2nc(C(=O)NCc3cccnc3)co2)c(OC)c1. The second kappa shape index (κ2) is 12.4. The first kappa shape index (κ1) is 27.6. The third-order valence-electron chi connectivity index (χ3n) is 5.87. The van der Waals surface area contributed by atoms with Gasteiger partial charge in [-0.15, -0.1) is 0 Å². The van der Waals surface area contributed by atoms with Crippen molar-refractivity contribution in [3.05, 3.63) is 107 Å². The number of aromatic nitrogens is 2. The molecule has 1 amide bonds. The van der Waals surface area contributed by atoms with Crippen LogP contribution in [0, 0.1) is 0 Å². The van der Waals surface area contributed by atoms with E-state index in [9.17, 15) is 18.0 Å². The zero-order valence-electron chi connectivity index (χ0n) is 21.4. The molecular formula is C28H27F3N4O4. The van der Waals surface area contributed by atoms with E-state index in [1.807, 2.05) is 17.0 Å². The van der Waals surface area contributed by atoms with Crippen LogP contribution in [-0.2, 0) is 32.4 Å². The average molecular weight is 541 g/mol. The number of nitrogens with zero attached hydrogens (tertiary/aromatic N) is 3. The predicted octanol–water partition coefficient (Wildman–Crippen LogP) is 5.24. The second-order valence-electron chi connectivity index (χ2n) is 8.69. The Morgan fingerprint density at radius 2 is 1.82 bits per heavy atom. The van der Waals surface area contributed by atoms with Gasteiger partial charge in [-0.3, -0.25) is 14.7 Å². The first-order valence-corrected chi connectivity index (χ1v) is 12.0. The van der Waals surface area contributed by atoms with Crippen LogP contribution in [0.4, 0.5) is 13.2 Å². The summed E-state index contributed by atoms with van der Waals surface area (Å²) >= 11 is 0. The number of amides is 1. The third-order valence-corrected chi connectivity index (χ3v) is 5.87. The van der Waals surface area contributed by atoms with Crippen molar-refractivity contribution in [3.8, 4) is 11.5 Å². The molecule has 204 valence electrons.